The number of quaternary nitrogens is 1. The molecule has 0 amide bonds. The molecule has 9 nitrogen and oxygen atoms in total. The summed E-state index contributed by atoms with van der Waals surface area (Å²) >= 11 is 0. The number of likely N-dealkylation sites (N-methyl/N-ethyl adjacent to an activating group) is 1. The van der Waals surface area contributed by atoms with Gasteiger partial charge < -0.3 is 18.9 Å². The summed E-state index contributed by atoms with van der Waals surface area (Å²) < 4.78 is 34.2. The maximum Gasteiger partial charge on any atom is 0.472 e. The number of carbonyl (C=O) groups excluding carboxylic acids is 2. The van der Waals surface area contributed by atoms with Gasteiger partial charge in [0.15, 0.2) is 6.10 Å². The maximum absolute atomic E-state index is 12.6. The molecule has 55 heavy (non-hydrogen) atoms. The molecule has 2 atom stereocenters. The van der Waals surface area contributed by atoms with Gasteiger partial charge in [0, 0.05) is 12.8 Å². The molecule has 0 aliphatic carbocycles. The highest BCUT2D eigenvalue weighted by Crippen LogP contribution is 2.43. The van der Waals surface area contributed by atoms with Crippen LogP contribution in [-0.4, -0.2) is 74.9 Å². The Balaban J connectivity index is 4.39. The molecule has 10 heteroatoms. The van der Waals surface area contributed by atoms with Gasteiger partial charge in [0.2, 0.25) is 0 Å². The first-order chi connectivity index (χ1) is 26.5. The molecule has 0 aromatic heterocycles. The van der Waals surface area contributed by atoms with Gasteiger partial charge in [-0.2, -0.15) is 0 Å². The monoisotopic (exact) mass is 797 g/mol. The lowest BCUT2D eigenvalue weighted by molar-refractivity contribution is -0.870. The molecule has 320 valence electrons. The number of ether oxygens (including phenoxy) is 2. The number of phosphoric ester groups is 1. The summed E-state index contributed by atoms with van der Waals surface area (Å²) in [4.78, 5) is 35.2. The summed E-state index contributed by atoms with van der Waals surface area (Å²) in [5, 5.41) is 0. The minimum absolute atomic E-state index is 0.0229. The van der Waals surface area contributed by atoms with Crippen LogP contribution in [0.15, 0.2) is 48.6 Å². The third-order valence-electron chi connectivity index (χ3n) is 9.11. The number of phosphoric acid groups is 1. The Bertz CT molecular complexity index is 1080. The molecule has 1 unspecified atom stereocenters. The van der Waals surface area contributed by atoms with Crippen molar-refractivity contribution >= 4 is 19.8 Å². The van der Waals surface area contributed by atoms with Gasteiger partial charge in [-0.15, -0.1) is 0 Å². The van der Waals surface area contributed by atoms with E-state index in [1.807, 2.05) is 21.1 Å². The smallest absolute Gasteiger partial charge is 0.462 e. The van der Waals surface area contributed by atoms with Crippen molar-refractivity contribution in [2.45, 2.75) is 180 Å². The number of carbonyl (C=O) groups is 2. The number of hydrogen-bond acceptors (Lipinski definition) is 7. The van der Waals surface area contributed by atoms with E-state index in [1.165, 1.54) is 89.9 Å². The molecule has 0 aliphatic heterocycles. The van der Waals surface area contributed by atoms with Crippen LogP contribution in [0.1, 0.15) is 174 Å². The van der Waals surface area contributed by atoms with Crippen molar-refractivity contribution in [1.82, 2.24) is 0 Å². The van der Waals surface area contributed by atoms with Crippen molar-refractivity contribution in [2.75, 3.05) is 47.5 Å². The normalized spacial score (nSPS) is 14.1. The van der Waals surface area contributed by atoms with Crippen LogP contribution in [0.5, 0.6) is 0 Å². The fraction of sp³-hybridized carbons (Fsp3) is 0.778. The number of allylic oxidation sites excluding steroid dienone is 8. The first kappa shape index (κ1) is 53.0. The van der Waals surface area contributed by atoms with Crippen molar-refractivity contribution in [3.63, 3.8) is 0 Å². The zero-order valence-electron chi connectivity index (χ0n) is 35.9. The molecule has 0 radical (unpaired) electrons. The van der Waals surface area contributed by atoms with Crippen molar-refractivity contribution in [2.24, 2.45) is 0 Å². The minimum Gasteiger partial charge on any atom is -0.462 e. The highest BCUT2D eigenvalue weighted by Gasteiger charge is 2.27. The van der Waals surface area contributed by atoms with E-state index in [0.717, 1.165) is 44.9 Å². The van der Waals surface area contributed by atoms with E-state index in [2.05, 4.69) is 62.5 Å². The Labute approximate surface area is 337 Å². The lowest BCUT2D eigenvalue weighted by Crippen LogP contribution is -2.37. The van der Waals surface area contributed by atoms with Gasteiger partial charge in [-0.1, -0.05) is 159 Å². The second-order valence-corrected chi connectivity index (χ2v) is 17.2. The number of nitrogens with zero attached hydrogens (tertiary/aromatic N) is 1. The molecule has 0 aliphatic rings. The van der Waals surface area contributed by atoms with Gasteiger partial charge in [-0.25, -0.2) is 4.57 Å². The second kappa shape index (κ2) is 37.5. The van der Waals surface area contributed by atoms with E-state index in [-0.39, 0.29) is 26.1 Å². The summed E-state index contributed by atoms with van der Waals surface area (Å²) in [5.41, 5.74) is 0. The largest absolute Gasteiger partial charge is 0.472 e. The van der Waals surface area contributed by atoms with Gasteiger partial charge in [0.05, 0.1) is 27.7 Å². The predicted molar refractivity (Wildman–Crippen MR) is 229 cm³/mol. The van der Waals surface area contributed by atoms with Crippen molar-refractivity contribution in [3.8, 4) is 0 Å². The number of rotatable bonds is 39. The van der Waals surface area contributed by atoms with Gasteiger partial charge in [-0.3, -0.25) is 18.6 Å². The molecule has 1 N–H and O–H groups in total. The van der Waals surface area contributed by atoms with Gasteiger partial charge in [0.1, 0.15) is 19.8 Å². The predicted octanol–water partition coefficient (Wildman–Crippen LogP) is 12.3. The maximum atomic E-state index is 12.6. The molecule has 0 saturated carbocycles. The summed E-state index contributed by atoms with van der Waals surface area (Å²) in [6.07, 6.45) is 43.2. The lowest BCUT2D eigenvalue weighted by Gasteiger charge is -2.24. The van der Waals surface area contributed by atoms with E-state index in [4.69, 9.17) is 18.5 Å². The van der Waals surface area contributed by atoms with Crippen LogP contribution in [0.2, 0.25) is 0 Å². The molecular formula is C45H83NO8P+. The Hall–Kier alpha value is -2.03. The summed E-state index contributed by atoms with van der Waals surface area (Å²) in [6, 6.07) is 0. The lowest BCUT2D eigenvalue weighted by atomic mass is 10.1. The molecular weight excluding hydrogens is 713 g/mol. The molecule has 0 aromatic rings. The molecule has 0 rings (SSSR count). The zero-order valence-corrected chi connectivity index (χ0v) is 36.8. The van der Waals surface area contributed by atoms with Crippen LogP contribution in [0.25, 0.3) is 0 Å². The van der Waals surface area contributed by atoms with Crippen molar-refractivity contribution in [3.05, 3.63) is 48.6 Å². The summed E-state index contributed by atoms with van der Waals surface area (Å²) in [7, 11) is 1.45. The third kappa shape index (κ3) is 41.4. The summed E-state index contributed by atoms with van der Waals surface area (Å²) in [6.45, 7) is 4.33. The van der Waals surface area contributed by atoms with E-state index in [0.29, 0.717) is 23.9 Å². The van der Waals surface area contributed by atoms with Crippen LogP contribution in [0.4, 0.5) is 0 Å². The quantitative estimate of drug-likeness (QED) is 0.0215. The van der Waals surface area contributed by atoms with Gasteiger partial charge in [0.25, 0.3) is 0 Å². The first-order valence-electron chi connectivity index (χ1n) is 21.9. The molecule has 0 spiro atoms. The fourth-order valence-corrected chi connectivity index (χ4v) is 6.39. The average molecular weight is 797 g/mol. The molecule has 0 saturated heterocycles. The van der Waals surface area contributed by atoms with Crippen LogP contribution in [0, 0.1) is 0 Å². The number of unbranched alkanes of at least 4 members (excludes halogenated alkanes) is 17. The zero-order chi connectivity index (χ0) is 40.7. The summed E-state index contributed by atoms with van der Waals surface area (Å²) in [5.74, 6) is -0.866. The van der Waals surface area contributed by atoms with Crippen LogP contribution in [-0.2, 0) is 32.7 Å². The van der Waals surface area contributed by atoms with Crippen LogP contribution in [0.3, 0.4) is 0 Å². The van der Waals surface area contributed by atoms with E-state index in [9.17, 15) is 19.0 Å². The van der Waals surface area contributed by atoms with Crippen molar-refractivity contribution < 1.29 is 42.1 Å². The fourth-order valence-electron chi connectivity index (χ4n) is 5.65. The second-order valence-electron chi connectivity index (χ2n) is 15.7. The topological polar surface area (TPSA) is 108 Å². The minimum atomic E-state index is -4.38. The standard InChI is InChI=1S/C45H82NO8P/c1-6-8-10-12-14-16-18-19-20-21-22-23-24-25-26-27-28-30-31-33-35-37-44(47)51-41-43(42-53-55(49,50)52-40-39-46(3,4)5)54-45(48)38-36-34-32-29-17-15-13-11-9-7-2/h20-21,23-24,26-27,30-31,43H,6-19,22,25,28-29,32-42H2,1-5H3/p+1/b21-20+,24-23+,27-26+,31-30+/t43-/m0/s1. The highest BCUT2D eigenvalue weighted by molar-refractivity contribution is 7.47. The van der Waals surface area contributed by atoms with E-state index < -0.39 is 32.5 Å². The molecule has 0 fully saturated rings. The number of hydrogen-bond donors (Lipinski definition) is 1. The van der Waals surface area contributed by atoms with Gasteiger partial charge >= 0.3 is 19.8 Å². The first-order valence-corrected chi connectivity index (χ1v) is 23.4. The SMILES string of the molecule is CCCCCCCCC/C=C/C/C=C/C/C=C/C/C=C/CCCC(=O)OC[C@@H](COP(=O)(O)OCC[N+](C)(C)C)OC(=O)CCCCCCCCCCCC. The van der Waals surface area contributed by atoms with E-state index >= 15 is 0 Å². The Morgan fingerprint density at radius 1 is 0.564 bits per heavy atom. The number of esters is 2. The molecule has 0 heterocycles. The van der Waals surface area contributed by atoms with Gasteiger partial charge in [-0.05, 0) is 51.4 Å². The van der Waals surface area contributed by atoms with Crippen LogP contribution >= 0.6 is 7.82 Å². The average Bonchev–Trinajstić information content (AvgIpc) is 3.13. The Kier molecular flexibility index (Phi) is 36.2. The Morgan fingerprint density at radius 3 is 1.51 bits per heavy atom. The molecule has 0 aromatic carbocycles. The Morgan fingerprint density at radius 2 is 1.00 bits per heavy atom. The van der Waals surface area contributed by atoms with Crippen molar-refractivity contribution in [1.29, 1.82) is 0 Å². The van der Waals surface area contributed by atoms with E-state index in [1.54, 1.807) is 0 Å². The molecule has 0 bridgehead atoms. The van der Waals surface area contributed by atoms with Crippen LogP contribution < -0.4 is 0 Å². The highest BCUT2D eigenvalue weighted by atomic mass is 31.2. The third-order valence-corrected chi connectivity index (χ3v) is 10.1.